The van der Waals surface area contributed by atoms with Crippen LogP contribution in [0.1, 0.15) is 38.5 Å². The minimum atomic E-state index is -0.102. The molecule has 7 heteroatoms. The van der Waals surface area contributed by atoms with Gasteiger partial charge in [-0.1, -0.05) is 18.9 Å². The number of hydrogen-bond donors (Lipinski definition) is 3. The lowest BCUT2D eigenvalue weighted by Crippen LogP contribution is -2.46. The van der Waals surface area contributed by atoms with Gasteiger partial charge in [-0.25, -0.2) is 4.79 Å². The number of amides is 3. The maximum atomic E-state index is 12.6. The molecule has 26 heavy (non-hydrogen) atoms. The smallest absolute Gasteiger partial charge is 0.321 e. The van der Waals surface area contributed by atoms with Crippen LogP contribution in [-0.4, -0.2) is 37.1 Å². The number of halogens is 1. The van der Waals surface area contributed by atoms with E-state index in [-0.39, 0.29) is 30.4 Å². The van der Waals surface area contributed by atoms with E-state index in [1.807, 2.05) is 24.3 Å². The van der Waals surface area contributed by atoms with Crippen LogP contribution in [0.5, 0.6) is 0 Å². The predicted molar refractivity (Wildman–Crippen MR) is 105 cm³/mol. The summed E-state index contributed by atoms with van der Waals surface area (Å²) in [5.41, 5.74) is 1.57. The van der Waals surface area contributed by atoms with E-state index in [0.717, 1.165) is 30.8 Å². The molecule has 1 saturated carbocycles. The van der Waals surface area contributed by atoms with Crippen molar-refractivity contribution in [1.82, 2.24) is 10.6 Å². The molecule has 3 fully saturated rings. The Bertz CT molecular complexity index is 655. The Hall–Kier alpha value is -1.79. The van der Waals surface area contributed by atoms with Crippen LogP contribution in [0.15, 0.2) is 24.3 Å². The zero-order valence-electron chi connectivity index (χ0n) is 14.9. The van der Waals surface area contributed by atoms with Crippen LogP contribution in [0.4, 0.5) is 16.2 Å². The molecule has 1 aromatic carbocycles. The summed E-state index contributed by atoms with van der Waals surface area (Å²) in [6, 6.07) is 7.88. The lowest BCUT2D eigenvalue weighted by molar-refractivity contribution is -0.117. The predicted octanol–water partition coefficient (Wildman–Crippen LogP) is 2.89. The average Bonchev–Trinajstić information content (AvgIpc) is 3.07. The molecule has 0 aromatic heterocycles. The van der Waals surface area contributed by atoms with Crippen LogP contribution in [0.25, 0.3) is 0 Å². The number of hydrogen-bond acceptors (Lipinski definition) is 3. The first-order chi connectivity index (χ1) is 12.2. The zero-order chi connectivity index (χ0) is 17.2. The molecule has 3 amide bonds. The first-order valence-corrected chi connectivity index (χ1v) is 9.43. The maximum absolute atomic E-state index is 12.6. The van der Waals surface area contributed by atoms with Gasteiger partial charge in [-0.05, 0) is 49.8 Å². The third-order valence-electron chi connectivity index (χ3n) is 5.68. The van der Waals surface area contributed by atoms with Crippen molar-refractivity contribution in [3.8, 4) is 0 Å². The van der Waals surface area contributed by atoms with Crippen LogP contribution < -0.4 is 20.9 Å². The Labute approximate surface area is 160 Å². The molecule has 1 aromatic rings. The van der Waals surface area contributed by atoms with Crippen LogP contribution in [0.2, 0.25) is 0 Å². The summed E-state index contributed by atoms with van der Waals surface area (Å²) in [6.45, 7) is 1.43. The van der Waals surface area contributed by atoms with Gasteiger partial charge in [0, 0.05) is 30.5 Å². The number of nitrogens with zero attached hydrogens (tertiary/aromatic N) is 1. The standard InChI is InChI=1S/C19H26N4O2.ClH/c24-18(17-11-13-5-1-2-8-16(13)22-17)21-14-6-3-7-15(12-14)23-10-4-9-20-19(23)25;/h3,6-7,12-13,16-17,22H,1-2,4-5,8-11H2,(H,20,25)(H,21,24);1H. The summed E-state index contributed by atoms with van der Waals surface area (Å²) in [7, 11) is 0. The van der Waals surface area contributed by atoms with Gasteiger partial charge in [0.1, 0.15) is 0 Å². The van der Waals surface area contributed by atoms with Gasteiger partial charge < -0.3 is 16.0 Å². The van der Waals surface area contributed by atoms with Crippen LogP contribution in [-0.2, 0) is 4.79 Å². The summed E-state index contributed by atoms with van der Waals surface area (Å²) in [5, 5.41) is 9.39. The summed E-state index contributed by atoms with van der Waals surface area (Å²) in [5.74, 6) is 0.683. The second-order valence-electron chi connectivity index (χ2n) is 7.38. The third kappa shape index (κ3) is 3.96. The fourth-order valence-corrected chi connectivity index (χ4v) is 4.38. The average molecular weight is 379 g/mol. The third-order valence-corrected chi connectivity index (χ3v) is 5.68. The van der Waals surface area contributed by atoms with E-state index in [1.54, 1.807) is 4.90 Å². The minimum Gasteiger partial charge on any atom is -0.338 e. The molecule has 3 N–H and O–H groups in total. The first-order valence-electron chi connectivity index (χ1n) is 9.43. The molecule has 0 bridgehead atoms. The topological polar surface area (TPSA) is 73.5 Å². The number of anilines is 2. The number of nitrogens with one attached hydrogen (secondary N) is 3. The van der Waals surface area contributed by atoms with Crippen molar-refractivity contribution >= 4 is 35.7 Å². The van der Waals surface area contributed by atoms with E-state index in [1.165, 1.54) is 25.7 Å². The quantitative estimate of drug-likeness (QED) is 0.757. The first kappa shape index (κ1) is 19.0. The fourth-order valence-electron chi connectivity index (χ4n) is 4.38. The molecule has 3 aliphatic rings. The van der Waals surface area contributed by atoms with E-state index in [2.05, 4.69) is 16.0 Å². The van der Waals surface area contributed by atoms with Gasteiger partial charge in [0.2, 0.25) is 5.91 Å². The highest BCUT2D eigenvalue weighted by Crippen LogP contribution is 2.33. The molecule has 2 saturated heterocycles. The number of benzene rings is 1. The van der Waals surface area contributed by atoms with Crippen molar-refractivity contribution in [3.63, 3.8) is 0 Å². The minimum absolute atomic E-state index is 0. The molecular weight excluding hydrogens is 352 g/mol. The molecule has 3 atom stereocenters. The van der Waals surface area contributed by atoms with Crippen molar-refractivity contribution < 1.29 is 9.59 Å². The Kier molecular flexibility index (Phi) is 6.04. The van der Waals surface area contributed by atoms with Gasteiger partial charge in [-0.15, -0.1) is 12.4 Å². The van der Waals surface area contributed by atoms with E-state index in [4.69, 9.17) is 0 Å². The summed E-state index contributed by atoms with van der Waals surface area (Å²) < 4.78 is 0. The monoisotopic (exact) mass is 378 g/mol. The lowest BCUT2D eigenvalue weighted by atomic mass is 9.85. The number of carbonyl (C=O) groups excluding carboxylic acids is 2. The number of rotatable bonds is 3. The van der Waals surface area contributed by atoms with Crippen molar-refractivity contribution in [2.24, 2.45) is 5.92 Å². The molecule has 1 aliphatic carbocycles. The second kappa shape index (κ2) is 8.27. The molecule has 0 radical (unpaired) electrons. The Morgan fingerprint density at radius 1 is 1.19 bits per heavy atom. The SMILES string of the molecule is Cl.O=C(Nc1cccc(N2CCCNC2=O)c1)C1CC2CCCCC2N1. The summed E-state index contributed by atoms with van der Waals surface area (Å²) in [4.78, 5) is 26.4. The van der Waals surface area contributed by atoms with Gasteiger partial charge in [0.25, 0.3) is 0 Å². The normalized spacial score (nSPS) is 27.9. The van der Waals surface area contributed by atoms with Crippen molar-refractivity contribution in [1.29, 1.82) is 0 Å². The van der Waals surface area contributed by atoms with Crippen molar-refractivity contribution in [3.05, 3.63) is 24.3 Å². The highest BCUT2D eigenvalue weighted by molar-refractivity contribution is 5.97. The van der Waals surface area contributed by atoms with Crippen LogP contribution in [0, 0.1) is 5.92 Å². The Balaban J connectivity index is 0.00000196. The van der Waals surface area contributed by atoms with E-state index < -0.39 is 0 Å². The molecule has 2 heterocycles. The molecule has 142 valence electrons. The molecule has 2 aliphatic heterocycles. The van der Waals surface area contributed by atoms with E-state index in [0.29, 0.717) is 18.5 Å². The highest BCUT2D eigenvalue weighted by Gasteiger charge is 2.38. The van der Waals surface area contributed by atoms with Gasteiger partial charge in [0.15, 0.2) is 0 Å². The van der Waals surface area contributed by atoms with Crippen LogP contribution in [0.3, 0.4) is 0 Å². The van der Waals surface area contributed by atoms with Gasteiger partial charge in [0.05, 0.1) is 6.04 Å². The lowest BCUT2D eigenvalue weighted by Gasteiger charge is -2.27. The maximum Gasteiger partial charge on any atom is 0.321 e. The summed E-state index contributed by atoms with van der Waals surface area (Å²) >= 11 is 0. The van der Waals surface area contributed by atoms with Crippen LogP contribution >= 0.6 is 12.4 Å². The number of urea groups is 1. The van der Waals surface area contributed by atoms with E-state index >= 15 is 0 Å². The molecule has 4 rings (SSSR count). The molecular formula is C19H27ClN4O2. The molecule has 0 spiro atoms. The van der Waals surface area contributed by atoms with Crippen molar-refractivity contribution in [2.45, 2.75) is 50.6 Å². The number of carbonyl (C=O) groups is 2. The number of fused-ring (bicyclic) bond motifs is 1. The van der Waals surface area contributed by atoms with Gasteiger partial charge >= 0.3 is 6.03 Å². The largest absolute Gasteiger partial charge is 0.338 e. The summed E-state index contributed by atoms with van der Waals surface area (Å²) in [6.07, 6.45) is 6.84. The molecule has 6 nitrogen and oxygen atoms in total. The fraction of sp³-hybridized carbons (Fsp3) is 0.579. The Morgan fingerprint density at radius 2 is 2.04 bits per heavy atom. The zero-order valence-corrected chi connectivity index (χ0v) is 15.7. The Morgan fingerprint density at radius 3 is 2.85 bits per heavy atom. The highest BCUT2D eigenvalue weighted by atomic mass is 35.5. The van der Waals surface area contributed by atoms with Gasteiger partial charge in [-0.3, -0.25) is 9.69 Å². The van der Waals surface area contributed by atoms with Crippen molar-refractivity contribution in [2.75, 3.05) is 23.3 Å². The van der Waals surface area contributed by atoms with Gasteiger partial charge in [-0.2, -0.15) is 0 Å². The second-order valence-corrected chi connectivity index (χ2v) is 7.38. The molecule has 3 unspecified atom stereocenters. The van der Waals surface area contributed by atoms with E-state index in [9.17, 15) is 9.59 Å².